The van der Waals surface area contributed by atoms with Gasteiger partial charge in [0, 0.05) is 45.7 Å². The molecular formula is C22H26N6O3S. The van der Waals surface area contributed by atoms with E-state index in [-0.39, 0.29) is 18.4 Å². The normalized spacial score (nSPS) is 14.3. The second kappa shape index (κ2) is 10.9. The lowest BCUT2D eigenvalue weighted by Crippen LogP contribution is -2.49. The van der Waals surface area contributed by atoms with Gasteiger partial charge in [0.05, 0.1) is 11.4 Å². The fraction of sp³-hybridized carbons (Fsp3) is 0.364. The summed E-state index contributed by atoms with van der Waals surface area (Å²) in [5.74, 6) is 1.24. The Morgan fingerprint density at radius 2 is 1.84 bits per heavy atom. The Morgan fingerprint density at radius 1 is 1.03 bits per heavy atom. The average Bonchev–Trinajstić information content (AvgIpc) is 3.51. The quantitative estimate of drug-likeness (QED) is 0.542. The Morgan fingerprint density at radius 3 is 2.59 bits per heavy atom. The Hall–Kier alpha value is -3.24. The first-order chi connectivity index (χ1) is 15.7. The maximum absolute atomic E-state index is 12.5. The van der Waals surface area contributed by atoms with E-state index >= 15 is 0 Å². The van der Waals surface area contributed by atoms with Crippen LogP contribution in [0.5, 0.6) is 0 Å². The van der Waals surface area contributed by atoms with E-state index in [0.717, 1.165) is 23.5 Å². The molecule has 0 aliphatic carbocycles. The molecule has 2 aromatic heterocycles. The Balaban J connectivity index is 1.12. The van der Waals surface area contributed by atoms with Gasteiger partial charge in [0.25, 0.3) is 0 Å². The molecule has 10 heteroatoms. The minimum Gasteiger partial charge on any atom is -0.340 e. The highest BCUT2D eigenvalue weighted by Gasteiger charge is 2.22. The molecule has 0 atom stereocenters. The summed E-state index contributed by atoms with van der Waals surface area (Å²) in [6, 6.07) is 13.3. The number of nitrogens with zero attached hydrogens (tertiary/aromatic N) is 4. The summed E-state index contributed by atoms with van der Waals surface area (Å²) in [4.78, 5) is 33.8. The van der Waals surface area contributed by atoms with Crippen LogP contribution in [0.15, 0.2) is 52.4 Å². The summed E-state index contributed by atoms with van der Waals surface area (Å²) in [5.41, 5.74) is 1.03. The predicted octanol–water partition coefficient (Wildman–Crippen LogP) is 2.33. The van der Waals surface area contributed by atoms with Gasteiger partial charge in [-0.05, 0) is 17.0 Å². The first-order valence-electron chi connectivity index (χ1n) is 10.6. The van der Waals surface area contributed by atoms with Gasteiger partial charge in [-0.3, -0.25) is 9.69 Å². The number of amides is 3. The van der Waals surface area contributed by atoms with E-state index in [1.54, 1.807) is 11.3 Å². The number of piperazine rings is 1. The Bertz CT molecular complexity index is 1000. The molecule has 1 saturated heterocycles. The van der Waals surface area contributed by atoms with E-state index in [4.69, 9.17) is 4.52 Å². The molecule has 32 heavy (non-hydrogen) atoms. The second-order valence-corrected chi connectivity index (χ2v) is 8.44. The van der Waals surface area contributed by atoms with Gasteiger partial charge < -0.3 is 20.1 Å². The predicted molar refractivity (Wildman–Crippen MR) is 121 cm³/mol. The van der Waals surface area contributed by atoms with Gasteiger partial charge in [-0.25, -0.2) is 4.79 Å². The van der Waals surface area contributed by atoms with Crippen molar-refractivity contribution in [1.82, 2.24) is 30.6 Å². The number of hydrogen-bond donors (Lipinski definition) is 2. The number of benzene rings is 1. The minimum absolute atomic E-state index is 0.0470. The lowest BCUT2D eigenvalue weighted by Gasteiger charge is -2.34. The fourth-order valence-electron chi connectivity index (χ4n) is 3.45. The molecule has 0 unspecified atom stereocenters. The molecule has 4 rings (SSSR count). The van der Waals surface area contributed by atoms with Crippen LogP contribution in [-0.2, 0) is 17.9 Å². The van der Waals surface area contributed by atoms with Gasteiger partial charge in [-0.2, -0.15) is 4.98 Å². The first kappa shape index (κ1) is 22.0. The number of hydrogen-bond acceptors (Lipinski definition) is 7. The summed E-state index contributed by atoms with van der Waals surface area (Å²) in [7, 11) is 0. The highest BCUT2D eigenvalue weighted by Crippen LogP contribution is 2.21. The van der Waals surface area contributed by atoms with Crippen molar-refractivity contribution in [2.75, 3.05) is 32.7 Å². The number of carbonyl (C=O) groups excluding carboxylic acids is 2. The van der Waals surface area contributed by atoms with Crippen LogP contribution in [0, 0.1) is 0 Å². The molecule has 2 N–H and O–H groups in total. The zero-order valence-electron chi connectivity index (χ0n) is 17.7. The van der Waals surface area contributed by atoms with Crippen LogP contribution in [0.1, 0.15) is 17.9 Å². The second-order valence-electron chi connectivity index (χ2n) is 7.49. The topological polar surface area (TPSA) is 104 Å². The van der Waals surface area contributed by atoms with Gasteiger partial charge in [-0.15, -0.1) is 11.3 Å². The maximum atomic E-state index is 12.5. The third-order valence-electron chi connectivity index (χ3n) is 5.21. The van der Waals surface area contributed by atoms with E-state index in [1.807, 2.05) is 52.7 Å². The van der Waals surface area contributed by atoms with E-state index in [2.05, 4.69) is 25.7 Å². The van der Waals surface area contributed by atoms with Crippen molar-refractivity contribution in [2.24, 2.45) is 0 Å². The van der Waals surface area contributed by atoms with Crippen LogP contribution in [0.2, 0.25) is 0 Å². The highest BCUT2D eigenvalue weighted by atomic mass is 32.1. The zero-order chi connectivity index (χ0) is 22.2. The van der Waals surface area contributed by atoms with E-state index in [9.17, 15) is 9.59 Å². The van der Waals surface area contributed by atoms with Gasteiger partial charge in [0.15, 0.2) is 0 Å². The number of nitrogens with one attached hydrogen (secondary N) is 2. The molecule has 1 aromatic carbocycles. The molecule has 168 valence electrons. The van der Waals surface area contributed by atoms with Crippen LogP contribution in [0.25, 0.3) is 10.7 Å². The summed E-state index contributed by atoms with van der Waals surface area (Å²) < 4.78 is 5.37. The standard InChI is InChI=1S/C22H26N6O3S/c29-20(8-9-23-22(30)24-15-17-5-2-1-3-6-17)28-12-10-27(11-13-28)16-19-25-21(26-31-19)18-7-4-14-32-18/h1-7,14H,8-13,15-16H2,(H2,23,24,30). The minimum atomic E-state index is -0.270. The largest absolute Gasteiger partial charge is 0.340 e. The van der Waals surface area contributed by atoms with E-state index in [1.165, 1.54) is 0 Å². The maximum Gasteiger partial charge on any atom is 0.315 e. The van der Waals surface area contributed by atoms with Crippen LogP contribution < -0.4 is 10.6 Å². The molecule has 0 bridgehead atoms. The average molecular weight is 455 g/mol. The van der Waals surface area contributed by atoms with E-state index in [0.29, 0.717) is 44.4 Å². The lowest BCUT2D eigenvalue weighted by atomic mass is 10.2. The molecule has 1 aliphatic heterocycles. The van der Waals surface area contributed by atoms with Crippen LogP contribution in [0.4, 0.5) is 4.79 Å². The van der Waals surface area contributed by atoms with Crippen LogP contribution in [0.3, 0.4) is 0 Å². The molecule has 3 aromatic rings. The van der Waals surface area contributed by atoms with Gasteiger partial charge in [-0.1, -0.05) is 41.6 Å². The Labute approximate surface area is 190 Å². The molecule has 3 amide bonds. The van der Waals surface area contributed by atoms with Crippen molar-refractivity contribution in [3.8, 4) is 10.7 Å². The summed E-state index contributed by atoms with van der Waals surface area (Å²) >= 11 is 1.58. The number of aromatic nitrogens is 2. The molecule has 1 aliphatic rings. The molecule has 3 heterocycles. The monoisotopic (exact) mass is 454 g/mol. The third kappa shape index (κ3) is 6.14. The van der Waals surface area contributed by atoms with Gasteiger partial charge >= 0.3 is 6.03 Å². The fourth-order valence-corrected chi connectivity index (χ4v) is 4.10. The van der Waals surface area contributed by atoms with Gasteiger partial charge in [0.1, 0.15) is 0 Å². The first-order valence-corrected chi connectivity index (χ1v) is 11.5. The lowest BCUT2D eigenvalue weighted by molar-refractivity contribution is -0.132. The van der Waals surface area contributed by atoms with Gasteiger partial charge in [0.2, 0.25) is 17.6 Å². The van der Waals surface area contributed by atoms with Crippen molar-refractivity contribution in [3.63, 3.8) is 0 Å². The molecular weight excluding hydrogens is 428 g/mol. The summed E-state index contributed by atoms with van der Waals surface area (Å²) in [6.45, 7) is 4.12. The number of thiophene rings is 1. The van der Waals surface area contributed by atoms with Crippen molar-refractivity contribution in [3.05, 3.63) is 59.3 Å². The molecule has 1 fully saturated rings. The molecule has 9 nitrogen and oxygen atoms in total. The molecule has 0 radical (unpaired) electrons. The van der Waals surface area contributed by atoms with Crippen LogP contribution in [-0.4, -0.2) is 64.6 Å². The summed E-state index contributed by atoms with van der Waals surface area (Å²) in [5, 5.41) is 11.6. The Kier molecular flexibility index (Phi) is 7.47. The van der Waals surface area contributed by atoms with Crippen LogP contribution >= 0.6 is 11.3 Å². The molecule has 0 spiro atoms. The molecule has 0 saturated carbocycles. The number of carbonyl (C=O) groups is 2. The third-order valence-corrected chi connectivity index (χ3v) is 6.08. The SMILES string of the molecule is O=C(NCCC(=O)N1CCN(Cc2nc(-c3cccs3)no2)CC1)NCc1ccccc1. The smallest absolute Gasteiger partial charge is 0.315 e. The summed E-state index contributed by atoms with van der Waals surface area (Å²) in [6.07, 6.45) is 0.284. The number of urea groups is 1. The number of rotatable bonds is 8. The van der Waals surface area contributed by atoms with E-state index < -0.39 is 0 Å². The van der Waals surface area contributed by atoms with Crippen molar-refractivity contribution >= 4 is 23.3 Å². The highest BCUT2D eigenvalue weighted by molar-refractivity contribution is 7.13. The zero-order valence-corrected chi connectivity index (χ0v) is 18.5. The van der Waals surface area contributed by atoms with Crippen molar-refractivity contribution < 1.29 is 14.1 Å². The van der Waals surface area contributed by atoms with Crippen molar-refractivity contribution in [2.45, 2.75) is 19.5 Å². The van der Waals surface area contributed by atoms with Crippen molar-refractivity contribution in [1.29, 1.82) is 0 Å².